The van der Waals surface area contributed by atoms with Crippen molar-refractivity contribution in [1.82, 2.24) is 10.7 Å². The Balaban J connectivity index is 0.000000463. The van der Waals surface area contributed by atoms with Crippen molar-refractivity contribution in [2.45, 2.75) is 149 Å². The first-order valence-electron chi connectivity index (χ1n) is 23.1. The average molecular weight is 911 g/mol. The van der Waals surface area contributed by atoms with Crippen LogP contribution >= 0.6 is 8.17 Å². The highest BCUT2D eigenvalue weighted by Gasteiger charge is 2.09. The van der Waals surface area contributed by atoms with E-state index >= 15 is 0 Å². The molecule has 0 aliphatic rings. The van der Waals surface area contributed by atoms with Crippen LogP contribution in [0.2, 0.25) is 0 Å². The number of benzene rings is 3. The van der Waals surface area contributed by atoms with Gasteiger partial charge in [0.2, 0.25) is 0 Å². The smallest absolute Gasteiger partial charge is 0.412 e. The van der Waals surface area contributed by atoms with Crippen LogP contribution in [0.25, 0.3) is 0 Å². The lowest BCUT2D eigenvalue weighted by atomic mass is 10.1. The fraction of sp³-hybridized carbons (Fsp3) is 0.562. The molecule has 0 fully saturated rings. The summed E-state index contributed by atoms with van der Waals surface area (Å²) in [7, 11) is -2.36. The molecule has 0 aromatic heterocycles. The molecule has 0 heterocycles. The summed E-state index contributed by atoms with van der Waals surface area (Å²) in [5.41, 5.74) is 3.50. The molecule has 1 unspecified atom stereocenters. The van der Waals surface area contributed by atoms with Gasteiger partial charge in [-0.15, -0.1) is 0 Å². The van der Waals surface area contributed by atoms with Crippen molar-refractivity contribution < 1.29 is 47.7 Å². The topological polar surface area (TPSA) is 200 Å². The third-order valence-electron chi connectivity index (χ3n) is 9.74. The van der Waals surface area contributed by atoms with Crippen LogP contribution in [0.15, 0.2) is 83.7 Å². The predicted molar refractivity (Wildman–Crippen MR) is 248 cm³/mol. The Morgan fingerprint density at radius 3 is 1.55 bits per heavy atom. The van der Waals surface area contributed by atoms with Crippen molar-refractivity contribution >= 4 is 31.9 Å². The number of amides is 1. The molecule has 2 N–H and O–H groups in total. The first kappa shape index (κ1) is 55.0. The molecule has 0 saturated carbocycles. The molecule has 15 nitrogen and oxygen atoms in total. The molecule has 0 aliphatic carbocycles. The van der Waals surface area contributed by atoms with E-state index in [0.717, 1.165) is 37.7 Å². The molecule has 0 saturated heterocycles. The standard InChI is InChI=1S/C26H36N3O7P.C22H35NO4/c1-2-3-4-5-6-7-8-9-10-11-26(30)34-21-20-27-28-37(33)36-25-18-16-24(17-19-25)35-23-14-12-22(13-15-23)29(31)32;1-2-3-4-5-6-7-8-9-13-16-21(24)26-18-17-23-22(25)27-19-20-14-11-10-12-15-20/h12-19,27H,2-11,20-21H2,1H3;10-12,14-15H,2-9,13,16-19H2,1H3,(H,23,25). The largest absolute Gasteiger partial charge is 0.574 e. The maximum atomic E-state index is 12.0. The lowest BCUT2D eigenvalue weighted by Gasteiger charge is -2.08. The van der Waals surface area contributed by atoms with Crippen molar-refractivity contribution in [3.05, 3.63) is 94.5 Å². The van der Waals surface area contributed by atoms with Crippen LogP contribution in [0.5, 0.6) is 17.2 Å². The minimum absolute atomic E-state index is 0.0236. The second kappa shape index (κ2) is 37.3. The van der Waals surface area contributed by atoms with E-state index in [9.17, 15) is 29.4 Å². The number of nitro benzene ring substituents is 1. The summed E-state index contributed by atoms with van der Waals surface area (Å²) in [5, 5.41) is 13.3. The molecule has 3 aromatic carbocycles. The molecule has 1 atom stereocenters. The number of hydrogen-bond acceptors (Lipinski definition) is 12. The van der Waals surface area contributed by atoms with E-state index in [0.29, 0.717) is 30.1 Å². The monoisotopic (exact) mass is 910 g/mol. The van der Waals surface area contributed by atoms with Crippen LogP contribution in [-0.2, 0) is 30.4 Å². The van der Waals surface area contributed by atoms with Gasteiger partial charge in [0.05, 0.1) is 18.0 Å². The predicted octanol–water partition coefficient (Wildman–Crippen LogP) is 12.0. The Labute approximate surface area is 381 Å². The zero-order valence-corrected chi connectivity index (χ0v) is 38.9. The van der Waals surface area contributed by atoms with Gasteiger partial charge in [-0.2, -0.15) is 5.43 Å². The van der Waals surface area contributed by atoms with Crippen LogP contribution in [0.1, 0.15) is 148 Å². The van der Waals surface area contributed by atoms with Gasteiger partial charge in [0.1, 0.15) is 31.3 Å². The summed E-state index contributed by atoms with van der Waals surface area (Å²) < 4.78 is 26.2. The summed E-state index contributed by atoms with van der Waals surface area (Å²) in [6, 6.07) is 21.5. The number of carbonyl (C=O) groups is 3. The highest BCUT2D eigenvalue weighted by molar-refractivity contribution is 7.33. The van der Waals surface area contributed by atoms with Crippen molar-refractivity contribution in [3.63, 3.8) is 0 Å². The summed E-state index contributed by atoms with van der Waals surface area (Å²) >= 11 is 0. The minimum Gasteiger partial charge on any atom is -0.574 e. The number of nitrogens with zero attached hydrogens (tertiary/aromatic N) is 2. The number of ether oxygens (including phenoxy) is 4. The molecule has 0 bridgehead atoms. The Morgan fingerprint density at radius 2 is 1.05 bits per heavy atom. The van der Waals surface area contributed by atoms with Gasteiger partial charge < -0.3 is 29.2 Å². The van der Waals surface area contributed by atoms with Gasteiger partial charge in [-0.3, -0.25) is 24.2 Å². The van der Waals surface area contributed by atoms with Crippen LogP contribution in [0.3, 0.4) is 0 Å². The van der Waals surface area contributed by atoms with Gasteiger partial charge in [-0.05, 0) is 54.8 Å². The van der Waals surface area contributed by atoms with Crippen LogP contribution < -0.4 is 24.9 Å². The molecule has 0 aliphatic heterocycles. The van der Waals surface area contributed by atoms with E-state index in [4.69, 9.17) is 23.5 Å². The van der Waals surface area contributed by atoms with E-state index in [1.807, 2.05) is 30.3 Å². The average Bonchev–Trinajstić information content (AvgIpc) is 3.30. The fourth-order valence-electron chi connectivity index (χ4n) is 6.17. The molecular weight excluding hydrogens is 840 g/mol. The number of hydrogen-bond donors (Lipinski definition) is 2. The zero-order valence-electron chi connectivity index (χ0n) is 38.0. The number of nitro groups is 1. The molecule has 16 heteroatoms. The SMILES string of the molecule is CCCCCCCCCCCC(=O)OCCN/N=[P+](\[O-])Oc1ccc(Oc2ccc([N+](=O)[O-])cc2)cc1.CCCCCCCCCCCC(=O)OCCNC(=O)OCc1ccccc1. The lowest BCUT2D eigenvalue weighted by Crippen LogP contribution is -2.28. The maximum absolute atomic E-state index is 12.0. The maximum Gasteiger partial charge on any atom is 0.412 e. The normalized spacial score (nSPS) is 10.9. The quantitative estimate of drug-likeness (QED) is 0.0144. The number of non-ortho nitro benzene ring substituents is 1. The van der Waals surface area contributed by atoms with Crippen molar-refractivity contribution in [2.24, 2.45) is 4.85 Å². The Kier molecular flexibility index (Phi) is 32.1. The summed E-state index contributed by atoms with van der Waals surface area (Å²) in [6.45, 7) is 5.48. The van der Waals surface area contributed by atoms with E-state index in [-0.39, 0.29) is 50.5 Å². The Morgan fingerprint density at radius 1 is 0.594 bits per heavy atom. The van der Waals surface area contributed by atoms with Gasteiger partial charge in [0, 0.05) is 29.8 Å². The number of rotatable bonds is 34. The number of alkyl carbamates (subject to hydrolysis) is 1. The highest BCUT2D eigenvalue weighted by atomic mass is 31.1. The second-order valence-corrected chi connectivity index (χ2v) is 16.1. The van der Waals surface area contributed by atoms with Crippen LogP contribution in [-0.4, -0.2) is 49.3 Å². The number of unbranched alkanes of at least 4 members (excludes halogenated alkanes) is 16. The van der Waals surface area contributed by atoms with Crippen LogP contribution in [0.4, 0.5) is 10.5 Å². The molecule has 3 rings (SSSR count). The van der Waals surface area contributed by atoms with Gasteiger partial charge in [-0.25, -0.2) is 4.79 Å². The van der Waals surface area contributed by atoms with E-state index in [2.05, 4.69) is 29.4 Å². The fourth-order valence-corrected chi connectivity index (χ4v) is 6.72. The zero-order chi connectivity index (χ0) is 46.3. The van der Waals surface area contributed by atoms with Gasteiger partial charge in [0.15, 0.2) is 5.75 Å². The third kappa shape index (κ3) is 30.1. The number of nitrogens with one attached hydrogen (secondary N) is 2. The van der Waals surface area contributed by atoms with Gasteiger partial charge in [0.25, 0.3) is 5.69 Å². The highest BCUT2D eigenvalue weighted by Crippen LogP contribution is 2.28. The van der Waals surface area contributed by atoms with E-state index < -0.39 is 19.2 Å². The first-order chi connectivity index (χ1) is 31.2. The minimum atomic E-state index is -2.36. The summed E-state index contributed by atoms with van der Waals surface area (Å²) in [4.78, 5) is 60.9. The second-order valence-electron chi connectivity index (χ2n) is 15.2. The Hall–Kier alpha value is -5.11. The molecule has 64 heavy (non-hydrogen) atoms. The lowest BCUT2D eigenvalue weighted by molar-refractivity contribution is -0.384. The summed E-state index contributed by atoms with van der Waals surface area (Å²) in [6.07, 6.45) is 22.1. The van der Waals surface area contributed by atoms with Crippen LogP contribution in [0, 0.1) is 10.1 Å². The molecule has 3 aromatic rings. The van der Waals surface area contributed by atoms with Gasteiger partial charge in [-0.1, -0.05) is 147 Å². The molecule has 0 spiro atoms. The number of carbonyl (C=O) groups excluding carboxylic acids is 3. The molecule has 0 radical (unpaired) electrons. The molecule has 354 valence electrons. The molecular formula is C48H71N4O11P. The van der Waals surface area contributed by atoms with Gasteiger partial charge >= 0.3 is 26.2 Å². The van der Waals surface area contributed by atoms with Crippen molar-refractivity contribution in [3.8, 4) is 17.2 Å². The summed E-state index contributed by atoms with van der Waals surface area (Å²) in [5.74, 6) is 0.822. The Bertz CT molecular complexity index is 1710. The van der Waals surface area contributed by atoms with Crippen molar-refractivity contribution in [1.29, 1.82) is 0 Å². The van der Waals surface area contributed by atoms with Crippen molar-refractivity contribution in [2.75, 3.05) is 26.3 Å². The van der Waals surface area contributed by atoms with E-state index in [1.54, 1.807) is 24.3 Å². The molecule has 1 amide bonds. The third-order valence-corrected chi connectivity index (χ3v) is 10.4. The van der Waals surface area contributed by atoms with E-state index in [1.165, 1.54) is 108 Å². The first-order valence-corrected chi connectivity index (χ1v) is 24.2. The number of esters is 2.